The number of rotatable bonds is 4. The van der Waals surface area contributed by atoms with E-state index >= 15 is 0 Å². The zero-order valence-electron chi connectivity index (χ0n) is 11.1. The molecule has 106 valence electrons. The third kappa shape index (κ3) is 4.04. The van der Waals surface area contributed by atoms with Gasteiger partial charge in [-0.2, -0.15) is 11.8 Å². The van der Waals surface area contributed by atoms with Gasteiger partial charge in [0.15, 0.2) is 0 Å². The van der Waals surface area contributed by atoms with Crippen molar-refractivity contribution >= 4 is 30.1 Å². The standard InChI is InChI=1S/C13H24N2OS.ClH/c1-17-6-5-12(16)15-13-9-3-2-4-10(13)8-11(14)7-9;/h9-11,13H,2-8,14H2,1H3,(H,15,16);1H. The SMILES string of the molecule is CSCCC(=O)NC1C2CCCC1CC(N)C2.Cl. The second-order valence-electron chi connectivity index (χ2n) is 5.52. The summed E-state index contributed by atoms with van der Waals surface area (Å²) in [4.78, 5) is 11.8. The molecule has 3 nitrogen and oxygen atoms in total. The maximum Gasteiger partial charge on any atom is 0.221 e. The summed E-state index contributed by atoms with van der Waals surface area (Å²) in [5, 5.41) is 3.27. The summed E-state index contributed by atoms with van der Waals surface area (Å²) in [6.45, 7) is 0. The van der Waals surface area contributed by atoms with Gasteiger partial charge in [-0.1, -0.05) is 6.42 Å². The lowest BCUT2D eigenvalue weighted by atomic mass is 9.67. The van der Waals surface area contributed by atoms with Gasteiger partial charge in [0.25, 0.3) is 0 Å². The number of hydrogen-bond donors (Lipinski definition) is 2. The van der Waals surface area contributed by atoms with Gasteiger partial charge in [-0.05, 0) is 43.8 Å². The van der Waals surface area contributed by atoms with Gasteiger partial charge < -0.3 is 11.1 Å². The second-order valence-corrected chi connectivity index (χ2v) is 6.50. The first-order valence-corrected chi connectivity index (χ1v) is 8.14. The molecule has 2 rings (SSSR count). The molecule has 0 aromatic rings. The lowest BCUT2D eigenvalue weighted by Crippen LogP contribution is -2.53. The quantitative estimate of drug-likeness (QED) is 0.835. The number of halogens is 1. The van der Waals surface area contributed by atoms with E-state index in [2.05, 4.69) is 5.32 Å². The molecule has 0 spiro atoms. The number of hydrogen-bond acceptors (Lipinski definition) is 3. The Balaban J connectivity index is 0.00000162. The smallest absolute Gasteiger partial charge is 0.221 e. The predicted octanol–water partition coefficient (Wildman–Crippen LogP) is 2.18. The second kappa shape index (κ2) is 7.61. The normalized spacial score (nSPS) is 34.6. The first kappa shape index (κ1) is 16.1. The molecule has 2 fully saturated rings. The highest BCUT2D eigenvalue weighted by molar-refractivity contribution is 7.98. The monoisotopic (exact) mass is 292 g/mol. The summed E-state index contributed by atoms with van der Waals surface area (Å²) in [5.74, 6) is 2.43. The van der Waals surface area contributed by atoms with Crippen molar-refractivity contribution < 1.29 is 4.79 Å². The minimum absolute atomic E-state index is 0. The molecule has 2 aliphatic rings. The molecule has 0 saturated heterocycles. The van der Waals surface area contributed by atoms with Crippen LogP contribution in [-0.2, 0) is 4.79 Å². The van der Waals surface area contributed by atoms with Crippen molar-refractivity contribution in [2.24, 2.45) is 17.6 Å². The lowest BCUT2D eigenvalue weighted by molar-refractivity contribution is -0.123. The Morgan fingerprint density at radius 1 is 1.33 bits per heavy atom. The lowest BCUT2D eigenvalue weighted by Gasteiger charge is -2.45. The maximum atomic E-state index is 11.8. The molecule has 5 heteroatoms. The molecular weight excluding hydrogens is 268 g/mol. The molecule has 18 heavy (non-hydrogen) atoms. The van der Waals surface area contributed by atoms with Crippen LogP contribution in [0, 0.1) is 11.8 Å². The number of nitrogens with one attached hydrogen (secondary N) is 1. The first-order valence-electron chi connectivity index (χ1n) is 6.74. The fourth-order valence-electron chi connectivity index (χ4n) is 3.48. The molecule has 0 aromatic carbocycles. The van der Waals surface area contributed by atoms with Crippen molar-refractivity contribution in [2.75, 3.05) is 12.0 Å². The van der Waals surface area contributed by atoms with Crippen LogP contribution in [0.4, 0.5) is 0 Å². The van der Waals surface area contributed by atoms with Crippen molar-refractivity contribution in [3.63, 3.8) is 0 Å². The molecule has 0 aliphatic heterocycles. The van der Waals surface area contributed by atoms with Crippen LogP contribution in [0.25, 0.3) is 0 Å². The Kier molecular flexibility index (Phi) is 6.82. The molecular formula is C13H25ClN2OS. The predicted molar refractivity (Wildman–Crippen MR) is 80.2 cm³/mol. The van der Waals surface area contributed by atoms with Gasteiger partial charge in [-0.15, -0.1) is 12.4 Å². The van der Waals surface area contributed by atoms with Gasteiger partial charge in [-0.3, -0.25) is 4.79 Å². The summed E-state index contributed by atoms with van der Waals surface area (Å²) >= 11 is 1.73. The highest BCUT2D eigenvalue weighted by atomic mass is 35.5. The molecule has 0 radical (unpaired) electrons. The molecule has 2 unspecified atom stereocenters. The number of carbonyl (C=O) groups is 1. The van der Waals surface area contributed by atoms with Crippen LogP contribution in [0.3, 0.4) is 0 Å². The van der Waals surface area contributed by atoms with E-state index in [1.54, 1.807) is 11.8 Å². The molecule has 3 N–H and O–H groups in total. The highest BCUT2D eigenvalue weighted by Gasteiger charge is 2.39. The van der Waals surface area contributed by atoms with Crippen LogP contribution in [-0.4, -0.2) is 30.0 Å². The van der Waals surface area contributed by atoms with E-state index in [0.717, 1.165) is 18.6 Å². The van der Waals surface area contributed by atoms with E-state index in [9.17, 15) is 4.79 Å². The average molecular weight is 293 g/mol. The van der Waals surface area contributed by atoms with Crippen LogP contribution in [0.2, 0.25) is 0 Å². The number of nitrogens with two attached hydrogens (primary N) is 1. The van der Waals surface area contributed by atoms with E-state index < -0.39 is 0 Å². The molecule has 1 amide bonds. The number of thioether (sulfide) groups is 1. The van der Waals surface area contributed by atoms with Gasteiger partial charge in [0.1, 0.15) is 0 Å². The van der Waals surface area contributed by atoms with Crippen molar-refractivity contribution in [1.82, 2.24) is 5.32 Å². The minimum Gasteiger partial charge on any atom is -0.353 e. The zero-order valence-corrected chi connectivity index (χ0v) is 12.7. The van der Waals surface area contributed by atoms with E-state index in [0.29, 0.717) is 30.3 Å². The Bertz CT molecular complexity index is 264. The third-order valence-corrected chi connectivity index (χ3v) is 4.85. The average Bonchev–Trinajstić information content (AvgIpc) is 2.27. The molecule has 0 aromatic heterocycles. The van der Waals surface area contributed by atoms with Crippen LogP contribution >= 0.6 is 24.2 Å². The fourth-order valence-corrected chi connectivity index (χ4v) is 3.87. The Hall–Kier alpha value is 0.0700. The van der Waals surface area contributed by atoms with Crippen molar-refractivity contribution in [2.45, 2.75) is 50.6 Å². The summed E-state index contributed by atoms with van der Waals surface area (Å²) < 4.78 is 0. The van der Waals surface area contributed by atoms with Crippen LogP contribution < -0.4 is 11.1 Å². The maximum absolute atomic E-state index is 11.8. The van der Waals surface area contributed by atoms with E-state index in [1.165, 1.54) is 19.3 Å². The highest BCUT2D eigenvalue weighted by Crippen LogP contribution is 2.39. The summed E-state index contributed by atoms with van der Waals surface area (Å²) in [5.41, 5.74) is 6.08. The number of amides is 1. The van der Waals surface area contributed by atoms with Crippen molar-refractivity contribution in [1.29, 1.82) is 0 Å². The van der Waals surface area contributed by atoms with Gasteiger partial charge in [0, 0.05) is 24.3 Å². The van der Waals surface area contributed by atoms with Gasteiger partial charge in [0.2, 0.25) is 5.91 Å². The van der Waals surface area contributed by atoms with Gasteiger partial charge >= 0.3 is 0 Å². The van der Waals surface area contributed by atoms with Crippen LogP contribution in [0.5, 0.6) is 0 Å². The van der Waals surface area contributed by atoms with Crippen molar-refractivity contribution in [3.05, 3.63) is 0 Å². The van der Waals surface area contributed by atoms with Gasteiger partial charge in [-0.25, -0.2) is 0 Å². The Labute approximate surface area is 120 Å². The molecule has 2 atom stereocenters. The summed E-state index contributed by atoms with van der Waals surface area (Å²) in [6, 6.07) is 0.780. The molecule has 2 aliphatic carbocycles. The summed E-state index contributed by atoms with van der Waals surface area (Å²) in [7, 11) is 0. The first-order chi connectivity index (χ1) is 8.20. The summed E-state index contributed by atoms with van der Waals surface area (Å²) in [6.07, 6.45) is 8.72. The third-order valence-electron chi connectivity index (χ3n) is 4.24. The Morgan fingerprint density at radius 2 is 1.94 bits per heavy atom. The fraction of sp³-hybridized carbons (Fsp3) is 0.923. The minimum atomic E-state index is 0. The van der Waals surface area contributed by atoms with Crippen LogP contribution in [0.1, 0.15) is 38.5 Å². The number of carbonyl (C=O) groups excluding carboxylic acids is 1. The van der Waals surface area contributed by atoms with E-state index in [4.69, 9.17) is 5.73 Å². The Morgan fingerprint density at radius 3 is 2.50 bits per heavy atom. The van der Waals surface area contributed by atoms with E-state index in [-0.39, 0.29) is 18.3 Å². The molecule has 2 saturated carbocycles. The molecule has 2 bridgehead atoms. The topological polar surface area (TPSA) is 55.1 Å². The largest absolute Gasteiger partial charge is 0.353 e. The molecule has 0 heterocycles. The number of fused-ring (bicyclic) bond motifs is 2. The van der Waals surface area contributed by atoms with Gasteiger partial charge in [0.05, 0.1) is 0 Å². The van der Waals surface area contributed by atoms with Crippen molar-refractivity contribution in [3.8, 4) is 0 Å². The zero-order chi connectivity index (χ0) is 12.3. The van der Waals surface area contributed by atoms with E-state index in [1.807, 2.05) is 6.26 Å². The van der Waals surface area contributed by atoms with Crippen LogP contribution in [0.15, 0.2) is 0 Å².